The monoisotopic (exact) mass is 393 g/mol. The Hall–Kier alpha value is -2.93. The molecule has 0 spiro atoms. The van der Waals surface area contributed by atoms with Crippen LogP contribution < -0.4 is 10.1 Å². The van der Waals surface area contributed by atoms with E-state index in [0.29, 0.717) is 17.8 Å². The number of hydrogen-bond donors (Lipinski definition) is 1. The fraction of sp³-hybridized carbons (Fsp3) is 0.409. The van der Waals surface area contributed by atoms with E-state index < -0.39 is 0 Å². The summed E-state index contributed by atoms with van der Waals surface area (Å²) in [7, 11) is 0. The molecule has 3 aromatic rings. The van der Waals surface area contributed by atoms with Crippen LogP contribution in [0.15, 0.2) is 48.9 Å². The molecule has 0 bridgehead atoms. The van der Waals surface area contributed by atoms with E-state index in [1.165, 1.54) is 5.56 Å². The van der Waals surface area contributed by atoms with Crippen LogP contribution in [-0.2, 0) is 6.54 Å². The zero-order valence-electron chi connectivity index (χ0n) is 16.8. The molecular weight excluding hydrogens is 366 g/mol. The van der Waals surface area contributed by atoms with Gasteiger partial charge in [0.25, 0.3) is 5.91 Å². The summed E-state index contributed by atoms with van der Waals surface area (Å²) in [5.74, 6) is 0.838. The minimum Gasteiger partial charge on any atom is -0.489 e. The molecule has 0 saturated carbocycles. The van der Waals surface area contributed by atoms with Crippen molar-refractivity contribution >= 4 is 11.6 Å². The van der Waals surface area contributed by atoms with Gasteiger partial charge in [-0.2, -0.15) is 5.10 Å². The predicted molar refractivity (Wildman–Crippen MR) is 111 cm³/mol. The van der Waals surface area contributed by atoms with E-state index in [2.05, 4.69) is 39.4 Å². The summed E-state index contributed by atoms with van der Waals surface area (Å²) in [6, 6.07) is 10.0. The van der Waals surface area contributed by atoms with E-state index in [4.69, 9.17) is 4.74 Å². The smallest absolute Gasteiger partial charge is 0.256 e. The van der Waals surface area contributed by atoms with Crippen molar-refractivity contribution in [3.8, 4) is 5.75 Å². The number of carbonyl (C=O) groups excluding carboxylic acids is 1. The maximum Gasteiger partial charge on any atom is 0.256 e. The van der Waals surface area contributed by atoms with E-state index in [9.17, 15) is 4.79 Å². The van der Waals surface area contributed by atoms with Crippen molar-refractivity contribution in [2.24, 2.45) is 0 Å². The van der Waals surface area contributed by atoms with Crippen molar-refractivity contribution in [3.05, 3.63) is 60.0 Å². The molecule has 29 heavy (non-hydrogen) atoms. The van der Waals surface area contributed by atoms with Gasteiger partial charge in [0.05, 0.1) is 6.20 Å². The quantitative estimate of drug-likeness (QED) is 0.668. The Morgan fingerprint density at radius 1 is 1.31 bits per heavy atom. The Kier molecular flexibility index (Phi) is 6.05. The molecule has 152 valence electrons. The SMILES string of the molecule is CCCC[C@@H]1CN(CCNC(=O)c2cnn3cccnc23)Cc2ccccc2O1. The lowest BCUT2D eigenvalue weighted by Gasteiger charge is -2.24. The second-order valence-electron chi connectivity index (χ2n) is 7.43. The van der Waals surface area contributed by atoms with Gasteiger partial charge in [-0.3, -0.25) is 9.69 Å². The Labute approximate surface area is 170 Å². The van der Waals surface area contributed by atoms with E-state index >= 15 is 0 Å². The van der Waals surface area contributed by atoms with Crippen LogP contribution in [0.1, 0.15) is 42.1 Å². The van der Waals surface area contributed by atoms with E-state index in [0.717, 1.165) is 44.6 Å². The molecule has 1 aromatic carbocycles. The number of ether oxygens (including phenoxy) is 1. The van der Waals surface area contributed by atoms with Gasteiger partial charge in [0.15, 0.2) is 5.65 Å². The van der Waals surface area contributed by atoms with Gasteiger partial charge >= 0.3 is 0 Å². The van der Waals surface area contributed by atoms with Crippen LogP contribution in [0.2, 0.25) is 0 Å². The molecule has 1 amide bonds. The van der Waals surface area contributed by atoms with Gasteiger partial charge < -0.3 is 10.1 Å². The van der Waals surface area contributed by atoms with Crippen LogP contribution in [0.5, 0.6) is 5.75 Å². The average molecular weight is 393 g/mol. The molecule has 1 atom stereocenters. The molecule has 0 unspecified atom stereocenters. The van der Waals surface area contributed by atoms with Crippen molar-refractivity contribution in [2.75, 3.05) is 19.6 Å². The Balaban J connectivity index is 1.38. The van der Waals surface area contributed by atoms with E-state index in [-0.39, 0.29) is 12.0 Å². The number of nitrogens with zero attached hydrogens (tertiary/aromatic N) is 4. The first-order chi connectivity index (χ1) is 14.2. The number of nitrogens with one attached hydrogen (secondary N) is 1. The molecule has 0 saturated heterocycles. The molecule has 2 aromatic heterocycles. The number of amides is 1. The van der Waals surface area contributed by atoms with Crippen molar-refractivity contribution in [1.29, 1.82) is 0 Å². The minimum atomic E-state index is -0.146. The van der Waals surface area contributed by atoms with Crippen LogP contribution in [0, 0.1) is 0 Å². The lowest BCUT2D eigenvalue weighted by molar-refractivity contribution is 0.0943. The molecule has 1 N–H and O–H groups in total. The fourth-order valence-electron chi connectivity index (χ4n) is 3.72. The van der Waals surface area contributed by atoms with E-state index in [1.807, 2.05) is 12.1 Å². The first-order valence-corrected chi connectivity index (χ1v) is 10.3. The van der Waals surface area contributed by atoms with Gasteiger partial charge in [-0.05, 0) is 25.0 Å². The fourth-order valence-corrected chi connectivity index (χ4v) is 3.72. The van der Waals surface area contributed by atoms with Crippen LogP contribution in [0.4, 0.5) is 0 Å². The number of unbranched alkanes of at least 4 members (excludes halogenated alkanes) is 1. The topological polar surface area (TPSA) is 71.8 Å². The Bertz CT molecular complexity index is 971. The van der Waals surface area contributed by atoms with Crippen LogP contribution in [0.3, 0.4) is 0 Å². The van der Waals surface area contributed by atoms with Gasteiger partial charge in [-0.1, -0.05) is 31.5 Å². The molecule has 7 nitrogen and oxygen atoms in total. The molecular formula is C22H27N5O2. The number of para-hydroxylation sites is 1. The van der Waals surface area contributed by atoms with Crippen molar-refractivity contribution in [2.45, 2.75) is 38.8 Å². The molecule has 7 heteroatoms. The van der Waals surface area contributed by atoms with E-state index in [1.54, 1.807) is 29.2 Å². The predicted octanol–water partition coefficient (Wildman–Crippen LogP) is 2.91. The van der Waals surface area contributed by atoms with Gasteiger partial charge in [0.1, 0.15) is 17.4 Å². The van der Waals surface area contributed by atoms with Crippen LogP contribution in [-0.4, -0.2) is 51.1 Å². The van der Waals surface area contributed by atoms with Crippen LogP contribution in [0.25, 0.3) is 5.65 Å². The number of carbonyl (C=O) groups is 1. The molecule has 1 aliphatic heterocycles. The Morgan fingerprint density at radius 3 is 3.10 bits per heavy atom. The van der Waals surface area contributed by atoms with Crippen molar-refractivity contribution < 1.29 is 9.53 Å². The number of benzene rings is 1. The number of hydrogen-bond acceptors (Lipinski definition) is 5. The summed E-state index contributed by atoms with van der Waals surface area (Å²) in [5.41, 5.74) is 2.27. The summed E-state index contributed by atoms with van der Waals surface area (Å²) < 4.78 is 7.88. The molecule has 0 aliphatic carbocycles. The van der Waals surface area contributed by atoms with Crippen molar-refractivity contribution in [3.63, 3.8) is 0 Å². The zero-order valence-corrected chi connectivity index (χ0v) is 16.8. The second kappa shape index (κ2) is 9.05. The third-order valence-electron chi connectivity index (χ3n) is 5.24. The summed E-state index contributed by atoms with van der Waals surface area (Å²) in [4.78, 5) is 19.2. The Morgan fingerprint density at radius 2 is 2.21 bits per heavy atom. The first kappa shape index (κ1) is 19.4. The molecule has 0 fully saturated rings. The highest BCUT2D eigenvalue weighted by molar-refractivity contribution is 5.99. The van der Waals surface area contributed by atoms with Crippen LogP contribution >= 0.6 is 0 Å². The third kappa shape index (κ3) is 4.56. The van der Waals surface area contributed by atoms with Gasteiger partial charge in [-0.25, -0.2) is 9.50 Å². The number of aromatic nitrogens is 3. The van der Waals surface area contributed by atoms with Gasteiger partial charge in [0, 0.05) is 44.1 Å². The summed E-state index contributed by atoms with van der Waals surface area (Å²) in [5, 5.41) is 7.19. The maximum atomic E-state index is 12.6. The highest BCUT2D eigenvalue weighted by Crippen LogP contribution is 2.26. The second-order valence-corrected chi connectivity index (χ2v) is 7.43. The maximum absolute atomic E-state index is 12.6. The molecule has 1 aliphatic rings. The van der Waals surface area contributed by atoms with Crippen molar-refractivity contribution in [1.82, 2.24) is 24.8 Å². The summed E-state index contributed by atoms with van der Waals surface area (Å²) in [6.45, 7) is 5.22. The standard InChI is InChI=1S/C22H27N5O2/c1-2-3-8-18-16-26(15-17-7-4-5-9-20(17)29-18)13-11-24-22(28)19-14-25-27-12-6-10-23-21(19)27/h4-7,9-10,12,14,18H,2-3,8,11,13,15-16H2,1H3,(H,24,28)/t18-/m1/s1. The lowest BCUT2D eigenvalue weighted by atomic mass is 10.1. The summed E-state index contributed by atoms with van der Waals surface area (Å²) in [6.07, 6.45) is 8.54. The molecule has 4 rings (SSSR count). The summed E-state index contributed by atoms with van der Waals surface area (Å²) >= 11 is 0. The largest absolute Gasteiger partial charge is 0.489 e. The third-order valence-corrected chi connectivity index (χ3v) is 5.24. The number of fused-ring (bicyclic) bond motifs is 2. The highest BCUT2D eigenvalue weighted by Gasteiger charge is 2.22. The first-order valence-electron chi connectivity index (χ1n) is 10.3. The number of rotatable bonds is 7. The molecule has 0 radical (unpaired) electrons. The normalized spacial score (nSPS) is 16.8. The highest BCUT2D eigenvalue weighted by atomic mass is 16.5. The zero-order chi connectivity index (χ0) is 20.1. The molecule has 3 heterocycles. The minimum absolute atomic E-state index is 0.146. The lowest BCUT2D eigenvalue weighted by Crippen LogP contribution is -2.38. The van der Waals surface area contributed by atoms with Gasteiger partial charge in [0.2, 0.25) is 0 Å². The van der Waals surface area contributed by atoms with Gasteiger partial charge in [-0.15, -0.1) is 0 Å². The average Bonchev–Trinajstić information content (AvgIpc) is 3.08.